The molecule has 0 atom stereocenters. The summed E-state index contributed by atoms with van der Waals surface area (Å²) in [5.41, 5.74) is 0. The van der Waals surface area contributed by atoms with Crippen LogP contribution in [0.2, 0.25) is 15.8 Å². The van der Waals surface area contributed by atoms with Gasteiger partial charge in [-0.3, -0.25) is 0 Å². The minimum atomic E-state index is -1.86. The SMILES string of the molecule is C=C/C=[C](/OCC)[Ge]([CH2]C)([CH2]C)[CH2]C. The maximum atomic E-state index is 5.79. The number of ether oxygens (including phenoxy) is 1. The fraction of sp³-hybridized carbons (Fsp3) is 0.667. The van der Waals surface area contributed by atoms with E-state index in [-0.39, 0.29) is 0 Å². The molecule has 0 aliphatic heterocycles. The molecule has 0 amide bonds. The van der Waals surface area contributed by atoms with Crippen LogP contribution in [-0.2, 0) is 4.74 Å². The van der Waals surface area contributed by atoms with Gasteiger partial charge in [-0.05, 0) is 0 Å². The van der Waals surface area contributed by atoms with Crippen LogP contribution in [0.25, 0.3) is 0 Å². The molecule has 0 aliphatic rings. The Kier molecular flexibility index (Phi) is 7.07. The Morgan fingerprint density at radius 2 is 1.64 bits per heavy atom. The minimum absolute atomic E-state index is 0.784. The van der Waals surface area contributed by atoms with E-state index in [4.69, 9.17) is 4.74 Å². The van der Waals surface area contributed by atoms with E-state index >= 15 is 0 Å². The van der Waals surface area contributed by atoms with Crippen molar-refractivity contribution in [2.45, 2.75) is 43.5 Å². The van der Waals surface area contributed by atoms with Crippen molar-refractivity contribution in [3.05, 3.63) is 23.3 Å². The van der Waals surface area contributed by atoms with Crippen molar-refractivity contribution in [3.63, 3.8) is 0 Å². The van der Waals surface area contributed by atoms with Crippen LogP contribution in [0, 0.1) is 0 Å². The summed E-state index contributed by atoms with van der Waals surface area (Å²) in [7, 11) is 0. The molecule has 0 saturated heterocycles. The first-order valence-electron chi connectivity index (χ1n) is 5.66. The van der Waals surface area contributed by atoms with Crippen LogP contribution >= 0.6 is 0 Å². The summed E-state index contributed by atoms with van der Waals surface area (Å²) in [6.07, 6.45) is 3.96. The van der Waals surface area contributed by atoms with Crippen molar-refractivity contribution in [3.8, 4) is 0 Å². The van der Waals surface area contributed by atoms with E-state index in [1.807, 2.05) is 6.08 Å². The average Bonchev–Trinajstić information content (AvgIpc) is 2.22. The van der Waals surface area contributed by atoms with Gasteiger partial charge in [0, 0.05) is 0 Å². The maximum absolute atomic E-state index is 5.79. The zero-order chi connectivity index (χ0) is 11.0. The Morgan fingerprint density at radius 1 is 1.14 bits per heavy atom. The van der Waals surface area contributed by atoms with E-state index in [9.17, 15) is 0 Å². The Morgan fingerprint density at radius 3 is 1.93 bits per heavy atom. The molecule has 0 N–H and O–H groups in total. The normalized spacial score (nSPS) is 12.7. The van der Waals surface area contributed by atoms with E-state index in [0.29, 0.717) is 0 Å². The second-order valence-electron chi connectivity index (χ2n) is 3.54. The molecule has 0 heterocycles. The number of allylic oxidation sites excluding steroid dienone is 2. The first kappa shape index (κ1) is 13.8. The average molecular weight is 257 g/mol. The summed E-state index contributed by atoms with van der Waals surface area (Å²) >= 11 is -1.86. The van der Waals surface area contributed by atoms with Gasteiger partial charge in [-0.15, -0.1) is 0 Å². The number of rotatable bonds is 7. The molecule has 0 aromatic carbocycles. The summed E-state index contributed by atoms with van der Waals surface area (Å²) in [5.74, 6) is 0. The number of hydrogen-bond acceptors (Lipinski definition) is 1. The van der Waals surface area contributed by atoms with Crippen LogP contribution in [0.3, 0.4) is 0 Å². The van der Waals surface area contributed by atoms with Crippen LogP contribution < -0.4 is 0 Å². The number of hydrogen-bond donors (Lipinski definition) is 0. The van der Waals surface area contributed by atoms with Gasteiger partial charge in [-0.1, -0.05) is 0 Å². The molecule has 0 radical (unpaired) electrons. The van der Waals surface area contributed by atoms with Crippen molar-refractivity contribution < 1.29 is 4.74 Å². The zero-order valence-electron chi connectivity index (χ0n) is 10.1. The Balaban J connectivity index is 4.89. The molecule has 1 nitrogen and oxygen atoms in total. The van der Waals surface area contributed by atoms with Crippen molar-refractivity contribution in [1.29, 1.82) is 0 Å². The monoisotopic (exact) mass is 258 g/mol. The van der Waals surface area contributed by atoms with Gasteiger partial charge in [0.1, 0.15) is 0 Å². The van der Waals surface area contributed by atoms with Gasteiger partial charge in [-0.2, -0.15) is 0 Å². The predicted molar refractivity (Wildman–Crippen MR) is 67.1 cm³/mol. The topological polar surface area (TPSA) is 9.23 Å². The molecule has 0 aromatic heterocycles. The molecule has 0 aliphatic carbocycles. The van der Waals surface area contributed by atoms with Gasteiger partial charge in [0.2, 0.25) is 0 Å². The van der Waals surface area contributed by atoms with Crippen LogP contribution in [0.15, 0.2) is 23.3 Å². The van der Waals surface area contributed by atoms with Crippen molar-refractivity contribution in [2.75, 3.05) is 6.61 Å². The second kappa shape index (κ2) is 7.16. The molecule has 0 rings (SSSR count). The van der Waals surface area contributed by atoms with Crippen LogP contribution in [0.4, 0.5) is 0 Å². The van der Waals surface area contributed by atoms with Crippen LogP contribution in [-0.4, -0.2) is 19.9 Å². The fourth-order valence-electron chi connectivity index (χ4n) is 1.91. The second-order valence-corrected chi connectivity index (χ2v) is 14.4. The van der Waals surface area contributed by atoms with E-state index in [2.05, 4.69) is 40.3 Å². The van der Waals surface area contributed by atoms with Gasteiger partial charge in [0.25, 0.3) is 0 Å². The van der Waals surface area contributed by atoms with Crippen molar-refractivity contribution >= 4 is 13.3 Å². The van der Waals surface area contributed by atoms with E-state index in [0.717, 1.165) is 6.61 Å². The van der Waals surface area contributed by atoms with E-state index in [1.54, 1.807) is 0 Å². The fourth-order valence-corrected chi connectivity index (χ4v) is 9.19. The van der Waals surface area contributed by atoms with Crippen LogP contribution in [0.1, 0.15) is 27.7 Å². The van der Waals surface area contributed by atoms with Gasteiger partial charge >= 0.3 is 91.4 Å². The van der Waals surface area contributed by atoms with Gasteiger partial charge < -0.3 is 0 Å². The van der Waals surface area contributed by atoms with Gasteiger partial charge in [-0.25, -0.2) is 0 Å². The Bertz CT molecular complexity index is 184. The van der Waals surface area contributed by atoms with Crippen LogP contribution in [0.5, 0.6) is 0 Å². The molecule has 14 heavy (non-hydrogen) atoms. The molecule has 0 unspecified atom stereocenters. The predicted octanol–water partition coefficient (Wildman–Crippen LogP) is 4.14. The molecule has 0 aromatic rings. The van der Waals surface area contributed by atoms with E-state index in [1.165, 1.54) is 20.4 Å². The quantitative estimate of drug-likeness (QED) is 0.378. The summed E-state index contributed by atoms with van der Waals surface area (Å²) in [5, 5.41) is 3.94. The summed E-state index contributed by atoms with van der Waals surface area (Å²) in [4.78, 5) is 0. The third-order valence-corrected chi connectivity index (χ3v) is 14.5. The third-order valence-electron chi connectivity index (χ3n) is 3.12. The van der Waals surface area contributed by atoms with Crippen molar-refractivity contribution in [1.82, 2.24) is 0 Å². The molecular formula is C12H24GeO. The zero-order valence-corrected chi connectivity index (χ0v) is 12.2. The summed E-state index contributed by atoms with van der Waals surface area (Å²) in [6.45, 7) is 13.5. The molecular weight excluding hydrogens is 233 g/mol. The molecule has 82 valence electrons. The molecule has 0 saturated carbocycles. The first-order valence-corrected chi connectivity index (χ1v) is 11.2. The Hall–Kier alpha value is -0.177. The van der Waals surface area contributed by atoms with E-state index < -0.39 is 13.3 Å². The molecule has 0 bridgehead atoms. The molecule has 0 spiro atoms. The van der Waals surface area contributed by atoms with Crippen molar-refractivity contribution in [2.24, 2.45) is 0 Å². The third kappa shape index (κ3) is 3.19. The Labute approximate surface area is 91.6 Å². The molecule has 2 heteroatoms. The first-order chi connectivity index (χ1) is 6.70. The van der Waals surface area contributed by atoms with Gasteiger partial charge in [0.15, 0.2) is 0 Å². The van der Waals surface area contributed by atoms with Gasteiger partial charge in [0.05, 0.1) is 0 Å². The summed E-state index contributed by atoms with van der Waals surface area (Å²) in [6, 6.07) is 0. The summed E-state index contributed by atoms with van der Waals surface area (Å²) < 4.78 is 7.08. The standard InChI is InChI=1S/C12H24GeO/c1-6-11-12(14-10-5)13(7-2,8-3)9-4/h6,11H,1,7-10H2,2-5H3/b12-11+. The molecule has 0 fully saturated rings.